The fourth-order valence-electron chi connectivity index (χ4n) is 1.64. The summed E-state index contributed by atoms with van der Waals surface area (Å²) in [7, 11) is 0. The van der Waals surface area contributed by atoms with Crippen LogP contribution in [0.1, 0.15) is 13.8 Å². The first kappa shape index (κ1) is 17.3. The molecule has 3 atom stereocenters. The first-order chi connectivity index (χ1) is 9.47. The molecule has 0 aromatic heterocycles. The average molecular weight is 362 g/mol. The van der Waals surface area contributed by atoms with Gasteiger partial charge in [-0.15, -0.1) is 0 Å². The number of carbonyl (C=O) groups excluding carboxylic acids is 1. The Morgan fingerprint density at radius 3 is 2.50 bits per heavy atom. The molecule has 0 radical (unpaired) electrons. The van der Waals surface area contributed by atoms with Gasteiger partial charge in [-0.1, -0.05) is 15.9 Å². The van der Waals surface area contributed by atoms with Gasteiger partial charge >= 0.3 is 0 Å². The molecule has 112 valence electrons. The summed E-state index contributed by atoms with van der Waals surface area (Å²) >= 11 is 4.87. The molecule has 1 aromatic carbocycles. The zero-order chi connectivity index (χ0) is 15.1. The lowest BCUT2D eigenvalue weighted by atomic mass is 10.2. The minimum Gasteiger partial charge on any atom is -0.481 e. The topological polar surface area (TPSA) is 58.6 Å². The first-order valence-electron chi connectivity index (χ1n) is 6.34. The summed E-state index contributed by atoms with van der Waals surface area (Å²) in [4.78, 5) is 12.0. The molecule has 0 saturated heterocycles. The van der Waals surface area contributed by atoms with Crippen molar-refractivity contribution in [3.8, 4) is 5.75 Å². The van der Waals surface area contributed by atoms with Crippen LogP contribution in [0.2, 0.25) is 0 Å². The van der Waals surface area contributed by atoms with Gasteiger partial charge < -0.3 is 15.2 Å². The molecular formula is C14H20BrNO3S. The molecule has 0 spiro atoms. The van der Waals surface area contributed by atoms with Gasteiger partial charge in [-0.2, -0.15) is 11.8 Å². The summed E-state index contributed by atoms with van der Waals surface area (Å²) in [5.74, 6) is 0.458. The second-order valence-corrected chi connectivity index (χ2v) is 6.46. The van der Waals surface area contributed by atoms with Crippen molar-refractivity contribution in [2.45, 2.75) is 31.2 Å². The number of amides is 1. The molecule has 0 heterocycles. The number of carbonyl (C=O) groups is 1. The third kappa shape index (κ3) is 5.34. The average Bonchev–Trinajstić information content (AvgIpc) is 2.42. The number of benzene rings is 1. The van der Waals surface area contributed by atoms with E-state index < -0.39 is 6.10 Å². The van der Waals surface area contributed by atoms with Crippen LogP contribution in [0.4, 0.5) is 0 Å². The predicted octanol–water partition coefficient (Wildman–Crippen LogP) is 2.45. The molecule has 1 aromatic rings. The summed E-state index contributed by atoms with van der Waals surface area (Å²) in [5, 5.41) is 12.0. The van der Waals surface area contributed by atoms with E-state index in [1.54, 1.807) is 19.1 Å². The lowest BCUT2D eigenvalue weighted by Crippen LogP contribution is -2.46. The minimum atomic E-state index is -0.583. The normalized spacial score (nSPS) is 15.2. The number of thioether (sulfide) groups is 1. The first-order valence-corrected chi connectivity index (χ1v) is 8.42. The van der Waals surface area contributed by atoms with Gasteiger partial charge in [0.05, 0.1) is 6.61 Å². The van der Waals surface area contributed by atoms with Crippen molar-refractivity contribution >= 4 is 33.6 Å². The molecule has 0 bridgehead atoms. The van der Waals surface area contributed by atoms with E-state index in [9.17, 15) is 9.90 Å². The Hall–Kier alpha value is -0.720. The second kappa shape index (κ2) is 8.54. The van der Waals surface area contributed by atoms with Crippen LogP contribution < -0.4 is 10.1 Å². The standard InChI is InChI=1S/C14H20BrNO3S/c1-9(13(8-17)20-3)16-14(18)10(2)19-12-6-4-11(15)5-7-12/h4-7,9-10,13,17H,8H2,1-3H3,(H,16,18). The quantitative estimate of drug-likeness (QED) is 0.782. The van der Waals surface area contributed by atoms with Gasteiger partial charge in [0.15, 0.2) is 6.10 Å². The Balaban J connectivity index is 2.52. The zero-order valence-electron chi connectivity index (χ0n) is 11.8. The number of aliphatic hydroxyl groups is 1. The summed E-state index contributed by atoms with van der Waals surface area (Å²) in [5.41, 5.74) is 0. The van der Waals surface area contributed by atoms with Crippen LogP contribution >= 0.6 is 27.7 Å². The molecule has 1 amide bonds. The van der Waals surface area contributed by atoms with E-state index in [-0.39, 0.29) is 23.8 Å². The SMILES string of the molecule is CSC(CO)C(C)NC(=O)C(C)Oc1ccc(Br)cc1. The molecule has 4 nitrogen and oxygen atoms in total. The van der Waals surface area contributed by atoms with E-state index in [1.165, 1.54) is 11.8 Å². The molecular weight excluding hydrogens is 342 g/mol. The van der Waals surface area contributed by atoms with Gasteiger partial charge in [0.1, 0.15) is 5.75 Å². The minimum absolute atomic E-state index is 0.0150. The summed E-state index contributed by atoms with van der Waals surface area (Å²) in [6.45, 7) is 3.61. The number of nitrogens with one attached hydrogen (secondary N) is 1. The van der Waals surface area contributed by atoms with Crippen molar-refractivity contribution in [2.75, 3.05) is 12.9 Å². The highest BCUT2D eigenvalue weighted by Gasteiger charge is 2.21. The maximum Gasteiger partial charge on any atom is 0.261 e. The molecule has 0 aliphatic heterocycles. The fraction of sp³-hybridized carbons (Fsp3) is 0.500. The molecule has 2 N–H and O–H groups in total. The molecule has 6 heteroatoms. The third-order valence-electron chi connectivity index (χ3n) is 2.91. The highest BCUT2D eigenvalue weighted by atomic mass is 79.9. The Morgan fingerprint density at radius 1 is 1.40 bits per heavy atom. The number of halogens is 1. The molecule has 3 unspecified atom stereocenters. The smallest absolute Gasteiger partial charge is 0.261 e. The number of ether oxygens (including phenoxy) is 1. The van der Waals surface area contributed by atoms with Crippen molar-refractivity contribution in [3.05, 3.63) is 28.7 Å². The predicted molar refractivity (Wildman–Crippen MR) is 86.2 cm³/mol. The Labute approximate surface area is 132 Å². The molecule has 0 saturated carbocycles. The highest BCUT2D eigenvalue weighted by molar-refractivity contribution is 9.10. The van der Waals surface area contributed by atoms with Crippen molar-refractivity contribution in [1.29, 1.82) is 0 Å². The zero-order valence-corrected chi connectivity index (χ0v) is 14.2. The van der Waals surface area contributed by atoms with Gasteiger partial charge in [-0.05, 0) is 44.4 Å². The van der Waals surface area contributed by atoms with E-state index in [0.29, 0.717) is 5.75 Å². The molecule has 0 aliphatic carbocycles. The van der Waals surface area contributed by atoms with Crippen LogP contribution in [0.15, 0.2) is 28.7 Å². The van der Waals surface area contributed by atoms with Gasteiger partial charge in [0, 0.05) is 15.8 Å². The van der Waals surface area contributed by atoms with E-state index in [2.05, 4.69) is 21.2 Å². The van der Waals surface area contributed by atoms with Crippen LogP contribution in [-0.4, -0.2) is 41.3 Å². The summed E-state index contributed by atoms with van der Waals surface area (Å²) in [6, 6.07) is 7.21. The highest BCUT2D eigenvalue weighted by Crippen LogP contribution is 2.17. The monoisotopic (exact) mass is 361 g/mol. The van der Waals surface area contributed by atoms with Gasteiger partial charge in [0.25, 0.3) is 5.91 Å². The van der Waals surface area contributed by atoms with Crippen LogP contribution in [0.3, 0.4) is 0 Å². The van der Waals surface area contributed by atoms with Crippen LogP contribution in [-0.2, 0) is 4.79 Å². The van der Waals surface area contributed by atoms with E-state index in [4.69, 9.17) is 4.74 Å². The lowest BCUT2D eigenvalue weighted by molar-refractivity contribution is -0.127. The van der Waals surface area contributed by atoms with Crippen molar-refractivity contribution < 1.29 is 14.6 Å². The number of rotatable bonds is 7. The maximum atomic E-state index is 12.0. The van der Waals surface area contributed by atoms with Gasteiger partial charge in [-0.25, -0.2) is 0 Å². The van der Waals surface area contributed by atoms with Crippen molar-refractivity contribution in [2.24, 2.45) is 0 Å². The van der Waals surface area contributed by atoms with Gasteiger partial charge in [-0.3, -0.25) is 4.79 Å². The number of aliphatic hydroxyl groups excluding tert-OH is 1. The van der Waals surface area contributed by atoms with Crippen LogP contribution in [0, 0.1) is 0 Å². The Morgan fingerprint density at radius 2 is 2.00 bits per heavy atom. The molecule has 0 aliphatic rings. The maximum absolute atomic E-state index is 12.0. The van der Waals surface area contributed by atoms with E-state index in [1.807, 2.05) is 25.3 Å². The summed E-state index contributed by atoms with van der Waals surface area (Å²) in [6.07, 6.45) is 1.32. The molecule has 0 fully saturated rings. The largest absolute Gasteiger partial charge is 0.481 e. The van der Waals surface area contributed by atoms with Crippen molar-refractivity contribution in [1.82, 2.24) is 5.32 Å². The molecule has 20 heavy (non-hydrogen) atoms. The lowest BCUT2D eigenvalue weighted by Gasteiger charge is -2.23. The van der Waals surface area contributed by atoms with E-state index >= 15 is 0 Å². The number of hydrogen-bond acceptors (Lipinski definition) is 4. The van der Waals surface area contributed by atoms with E-state index in [0.717, 1.165) is 4.47 Å². The fourth-order valence-corrected chi connectivity index (χ4v) is 2.53. The van der Waals surface area contributed by atoms with Crippen LogP contribution in [0.5, 0.6) is 5.75 Å². The van der Waals surface area contributed by atoms with Crippen molar-refractivity contribution in [3.63, 3.8) is 0 Å². The third-order valence-corrected chi connectivity index (χ3v) is 4.60. The Kier molecular flexibility index (Phi) is 7.40. The van der Waals surface area contributed by atoms with Crippen LogP contribution in [0.25, 0.3) is 0 Å². The Bertz CT molecular complexity index is 423. The molecule has 1 rings (SSSR count). The number of hydrogen-bond donors (Lipinski definition) is 2. The second-order valence-electron chi connectivity index (χ2n) is 4.47. The van der Waals surface area contributed by atoms with Gasteiger partial charge in [0.2, 0.25) is 0 Å². The summed E-state index contributed by atoms with van der Waals surface area (Å²) < 4.78 is 6.54.